The Morgan fingerprint density at radius 3 is 2.94 bits per heavy atom. The lowest BCUT2D eigenvalue weighted by molar-refractivity contribution is 1.18. The smallest absolute Gasteiger partial charge is 0.151 e. The molecular formula is C12H9BrN2S. The maximum atomic E-state index is 4.64. The van der Waals surface area contributed by atoms with Gasteiger partial charge in [0.15, 0.2) is 5.65 Å². The molecule has 4 heteroatoms. The third-order valence-corrected chi connectivity index (χ3v) is 4.19. The number of nitrogens with zero attached hydrogens (tertiary/aromatic N) is 2. The van der Waals surface area contributed by atoms with Gasteiger partial charge >= 0.3 is 0 Å². The summed E-state index contributed by atoms with van der Waals surface area (Å²) in [5, 5.41) is 2.10. The molecule has 0 amide bonds. The number of aromatic nitrogens is 2. The molecule has 3 heterocycles. The van der Waals surface area contributed by atoms with E-state index in [-0.39, 0.29) is 0 Å². The number of pyridine rings is 1. The predicted octanol–water partition coefficient (Wildman–Crippen LogP) is 4.13. The number of hydrogen-bond donors (Lipinski definition) is 0. The molecule has 0 aromatic carbocycles. The molecular weight excluding hydrogens is 284 g/mol. The number of aryl methyl sites for hydroxylation is 1. The summed E-state index contributed by atoms with van der Waals surface area (Å²) in [7, 11) is 0. The molecule has 0 atom stereocenters. The van der Waals surface area contributed by atoms with Crippen LogP contribution in [0.2, 0.25) is 0 Å². The normalized spacial score (nSPS) is 11.1. The fourth-order valence-electron chi connectivity index (χ4n) is 1.72. The third-order valence-electron chi connectivity index (χ3n) is 2.53. The van der Waals surface area contributed by atoms with Crippen LogP contribution in [-0.2, 0) is 0 Å². The first kappa shape index (κ1) is 10.1. The molecule has 0 saturated heterocycles. The third kappa shape index (κ3) is 1.49. The van der Waals surface area contributed by atoms with E-state index in [1.807, 2.05) is 22.7 Å². The molecule has 0 aliphatic rings. The van der Waals surface area contributed by atoms with E-state index < -0.39 is 0 Å². The maximum absolute atomic E-state index is 4.64. The van der Waals surface area contributed by atoms with Gasteiger partial charge in [-0.2, -0.15) is 0 Å². The average Bonchev–Trinajstić information content (AvgIpc) is 2.84. The standard InChI is InChI=1S/C12H9BrN2S/c1-8-4-6-16-11(8)10-7-15-5-2-3-9(13)12(15)14-10/h2-7H,1H3. The van der Waals surface area contributed by atoms with Crippen LogP contribution in [0.4, 0.5) is 0 Å². The number of rotatable bonds is 1. The zero-order chi connectivity index (χ0) is 11.1. The van der Waals surface area contributed by atoms with Crippen LogP contribution in [0.5, 0.6) is 0 Å². The Kier molecular flexibility index (Phi) is 2.33. The lowest BCUT2D eigenvalue weighted by Gasteiger charge is -1.92. The van der Waals surface area contributed by atoms with Crippen molar-refractivity contribution in [1.82, 2.24) is 9.38 Å². The van der Waals surface area contributed by atoms with Gasteiger partial charge in [0.1, 0.15) is 0 Å². The first-order valence-corrected chi connectivity index (χ1v) is 6.60. The molecule has 0 fully saturated rings. The lowest BCUT2D eigenvalue weighted by Crippen LogP contribution is -1.80. The molecule has 0 aliphatic carbocycles. The highest BCUT2D eigenvalue weighted by Gasteiger charge is 2.09. The van der Waals surface area contributed by atoms with Gasteiger partial charge in [0.05, 0.1) is 15.0 Å². The minimum Gasteiger partial charge on any atom is -0.305 e. The van der Waals surface area contributed by atoms with E-state index in [4.69, 9.17) is 0 Å². The molecule has 3 rings (SSSR count). The Bertz CT molecular complexity index is 654. The van der Waals surface area contributed by atoms with Crippen molar-refractivity contribution in [2.75, 3.05) is 0 Å². The average molecular weight is 293 g/mol. The molecule has 0 saturated carbocycles. The van der Waals surface area contributed by atoms with Gasteiger partial charge in [-0.3, -0.25) is 0 Å². The van der Waals surface area contributed by atoms with E-state index in [0.717, 1.165) is 15.8 Å². The van der Waals surface area contributed by atoms with Crippen molar-refractivity contribution in [3.8, 4) is 10.6 Å². The van der Waals surface area contributed by atoms with Gasteiger partial charge in [-0.15, -0.1) is 11.3 Å². The first-order valence-electron chi connectivity index (χ1n) is 4.93. The van der Waals surface area contributed by atoms with Crippen LogP contribution >= 0.6 is 27.3 Å². The molecule has 0 N–H and O–H groups in total. The highest BCUT2D eigenvalue weighted by Crippen LogP contribution is 2.29. The highest BCUT2D eigenvalue weighted by molar-refractivity contribution is 9.10. The van der Waals surface area contributed by atoms with Crippen molar-refractivity contribution in [3.63, 3.8) is 0 Å². The monoisotopic (exact) mass is 292 g/mol. The van der Waals surface area contributed by atoms with E-state index in [9.17, 15) is 0 Å². The molecule has 3 aromatic rings. The van der Waals surface area contributed by atoms with Crippen molar-refractivity contribution >= 4 is 32.9 Å². The minimum atomic E-state index is 0.963. The van der Waals surface area contributed by atoms with Crippen molar-refractivity contribution in [2.45, 2.75) is 6.92 Å². The second-order valence-electron chi connectivity index (χ2n) is 3.65. The molecule has 0 spiro atoms. The Morgan fingerprint density at radius 2 is 2.25 bits per heavy atom. The van der Waals surface area contributed by atoms with E-state index in [1.54, 1.807) is 11.3 Å². The molecule has 2 nitrogen and oxygen atoms in total. The summed E-state index contributed by atoms with van der Waals surface area (Å²) in [5.41, 5.74) is 3.29. The summed E-state index contributed by atoms with van der Waals surface area (Å²) >= 11 is 5.24. The van der Waals surface area contributed by atoms with Crippen molar-refractivity contribution < 1.29 is 0 Å². The molecule has 16 heavy (non-hydrogen) atoms. The highest BCUT2D eigenvalue weighted by atomic mass is 79.9. The van der Waals surface area contributed by atoms with Gasteiger partial charge in [0.25, 0.3) is 0 Å². The molecule has 0 radical (unpaired) electrons. The summed E-state index contributed by atoms with van der Waals surface area (Å²) in [4.78, 5) is 5.89. The van der Waals surface area contributed by atoms with Crippen LogP contribution in [0, 0.1) is 6.92 Å². The Morgan fingerprint density at radius 1 is 1.38 bits per heavy atom. The number of imidazole rings is 1. The summed E-state index contributed by atoms with van der Waals surface area (Å²) in [6.07, 6.45) is 4.08. The summed E-state index contributed by atoms with van der Waals surface area (Å²) in [6.45, 7) is 2.12. The van der Waals surface area contributed by atoms with Crippen LogP contribution in [0.1, 0.15) is 5.56 Å². The van der Waals surface area contributed by atoms with E-state index in [2.05, 4.69) is 45.5 Å². The van der Waals surface area contributed by atoms with Crippen LogP contribution in [0.15, 0.2) is 40.4 Å². The van der Waals surface area contributed by atoms with Crippen LogP contribution in [-0.4, -0.2) is 9.38 Å². The molecule has 0 aliphatic heterocycles. The van der Waals surface area contributed by atoms with E-state index in [1.165, 1.54) is 10.4 Å². The topological polar surface area (TPSA) is 17.3 Å². The van der Waals surface area contributed by atoms with E-state index >= 15 is 0 Å². The first-order chi connectivity index (χ1) is 7.75. The number of halogens is 1. The molecule has 0 unspecified atom stereocenters. The van der Waals surface area contributed by atoms with Crippen LogP contribution in [0.25, 0.3) is 16.2 Å². The van der Waals surface area contributed by atoms with Crippen molar-refractivity contribution in [1.29, 1.82) is 0 Å². The van der Waals surface area contributed by atoms with Crippen LogP contribution < -0.4 is 0 Å². The number of hydrogen-bond acceptors (Lipinski definition) is 2. The largest absolute Gasteiger partial charge is 0.305 e. The second kappa shape index (κ2) is 3.71. The van der Waals surface area contributed by atoms with Crippen molar-refractivity contribution in [3.05, 3.63) is 46.0 Å². The fraction of sp³-hybridized carbons (Fsp3) is 0.0833. The zero-order valence-corrected chi connectivity index (χ0v) is 11.0. The number of fused-ring (bicyclic) bond motifs is 1. The molecule has 80 valence electrons. The fourth-order valence-corrected chi connectivity index (χ4v) is 3.05. The van der Waals surface area contributed by atoms with Crippen molar-refractivity contribution in [2.24, 2.45) is 0 Å². The quantitative estimate of drug-likeness (QED) is 0.659. The molecule has 0 bridgehead atoms. The van der Waals surface area contributed by atoms with Gasteiger partial charge in [0.2, 0.25) is 0 Å². The number of thiophene rings is 1. The van der Waals surface area contributed by atoms with Gasteiger partial charge in [-0.05, 0) is 52.0 Å². The SMILES string of the molecule is Cc1ccsc1-c1cn2cccc(Br)c2n1. The van der Waals surface area contributed by atoms with Crippen LogP contribution in [0.3, 0.4) is 0 Å². The van der Waals surface area contributed by atoms with Gasteiger partial charge < -0.3 is 4.40 Å². The van der Waals surface area contributed by atoms with E-state index in [0.29, 0.717) is 0 Å². The Balaban J connectivity index is 2.27. The summed E-state index contributed by atoms with van der Waals surface area (Å²) in [5.74, 6) is 0. The lowest BCUT2D eigenvalue weighted by atomic mass is 10.2. The van der Waals surface area contributed by atoms with Gasteiger partial charge in [-0.25, -0.2) is 4.98 Å². The Hall–Kier alpha value is -1.13. The Labute approximate surface area is 106 Å². The minimum absolute atomic E-state index is 0.963. The zero-order valence-electron chi connectivity index (χ0n) is 8.64. The predicted molar refractivity (Wildman–Crippen MR) is 70.9 cm³/mol. The second-order valence-corrected chi connectivity index (χ2v) is 5.42. The maximum Gasteiger partial charge on any atom is 0.151 e. The van der Waals surface area contributed by atoms with Gasteiger partial charge in [0, 0.05) is 12.4 Å². The van der Waals surface area contributed by atoms with Gasteiger partial charge in [-0.1, -0.05) is 0 Å². The molecule has 3 aromatic heterocycles. The summed E-state index contributed by atoms with van der Waals surface area (Å²) < 4.78 is 3.06. The summed E-state index contributed by atoms with van der Waals surface area (Å²) in [6, 6.07) is 6.14.